The van der Waals surface area contributed by atoms with Gasteiger partial charge in [-0.25, -0.2) is 4.79 Å². The molecule has 0 aliphatic carbocycles. The number of thioether (sulfide) groups is 1. The third-order valence-electron chi connectivity index (χ3n) is 3.07. The number of benzene rings is 2. The molecule has 2 rings (SSSR count). The third kappa shape index (κ3) is 5.14. The topological polar surface area (TPSA) is 55.4 Å². The smallest absolute Gasteiger partial charge is 0.338 e. The molecule has 0 aliphatic rings. The molecule has 1 N–H and O–H groups in total. The van der Waals surface area contributed by atoms with E-state index in [-0.39, 0.29) is 11.2 Å². The van der Waals surface area contributed by atoms with Crippen LogP contribution in [0.5, 0.6) is 0 Å². The predicted molar refractivity (Wildman–Crippen MR) is 92.8 cm³/mol. The maximum atomic E-state index is 12.3. The number of ether oxygens (including phenoxy) is 1. The lowest BCUT2D eigenvalue weighted by Crippen LogP contribution is -2.22. The Bertz CT molecular complexity index is 673. The Labute approximate surface area is 140 Å². The first-order chi connectivity index (χ1) is 11.1. The molecule has 0 aliphatic heterocycles. The highest BCUT2D eigenvalue weighted by molar-refractivity contribution is 8.00. The number of rotatable bonds is 6. The molecular weight excluding hydrogens is 310 g/mol. The molecule has 0 spiro atoms. The van der Waals surface area contributed by atoms with Crippen LogP contribution in [-0.2, 0) is 9.53 Å². The fourth-order valence-electron chi connectivity index (χ4n) is 1.94. The molecule has 0 saturated carbocycles. The van der Waals surface area contributed by atoms with E-state index in [2.05, 4.69) is 5.32 Å². The fourth-order valence-corrected chi connectivity index (χ4v) is 2.83. The van der Waals surface area contributed by atoms with Gasteiger partial charge in [-0.1, -0.05) is 24.3 Å². The maximum Gasteiger partial charge on any atom is 0.338 e. The van der Waals surface area contributed by atoms with E-state index >= 15 is 0 Å². The Morgan fingerprint density at radius 1 is 1.13 bits per heavy atom. The van der Waals surface area contributed by atoms with Gasteiger partial charge < -0.3 is 10.1 Å². The first-order valence-corrected chi connectivity index (χ1v) is 8.28. The average molecular weight is 329 g/mol. The van der Waals surface area contributed by atoms with Crippen molar-refractivity contribution in [1.82, 2.24) is 0 Å². The third-order valence-corrected chi connectivity index (χ3v) is 4.18. The minimum absolute atomic E-state index is 0.111. The van der Waals surface area contributed by atoms with Gasteiger partial charge in [-0.05, 0) is 44.2 Å². The van der Waals surface area contributed by atoms with Crippen molar-refractivity contribution in [2.24, 2.45) is 0 Å². The van der Waals surface area contributed by atoms with Crippen molar-refractivity contribution in [2.45, 2.75) is 24.0 Å². The molecule has 0 saturated heterocycles. The highest BCUT2D eigenvalue weighted by Gasteiger charge is 2.15. The van der Waals surface area contributed by atoms with Gasteiger partial charge in [0.25, 0.3) is 0 Å². The second-order valence-corrected chi connectivity index (χ2v) is 6.28. The summed E-state index contributed by atoms with van der Waals surface area (Å²) in [5.41, 5.74) is 1.01. The summed E-state index contributed by atoms with van der Waals surface area (Å²) in [4.78, 5) is 25.0. The SMILES string of the molecule is CCOC(=O)c1cccc(NC(=O)[C@H](C)Sc2ccccc2)c1. The number of esters is 1. The van der Waals surface area contributed by atoms with E-state index in [1.165, 1.54) is 11.8 Å². The maximum absolute atomic E-state index is 12.3. The van der Waals surface area contributed by atoms with Crippen LogP contribution in [0.25, 0.3) is 0 Å². The number of carbonyl (C=O) groups excluding carboxylic acids is 2. The van der Waals surface area contributed by atoms with E-state index in [0.717, 1.165) is 4.90 Å². The summed E-state index contributed by atoms with van der Waals surface area (Å²) >= 11 is 1.49. The van der Waals surface area contributed by atoms with Crippen molar-refractivity contribution in [2.75, 3.05) is 11.9 Å². The normalized spacial score (nSPS) is 11.6. The molecule has 0 bridgehead atoms. The van der Waals surface area contributed by atoms with Crippen LogP contribution in [0.3, 0.4) is 0 Å². The second-order valence-electron chi connectivity index (χ2n) is 4.86. The van der Waals surface area contributed by atoms with Crippen molar-refractivity contribution in [3.8, 4) is 0 Å². The molecule has 0 fully saturated rings. The first kappa shape index (κ1) is 17.1. The van der Waals surface area contributed by atoms with Crippen molar-refractivity contribution in [3.63, 3.8) is 0 Å². The zero-order chi connectivity index (χ0) is 16.7. The molecular formula is C18H19NO3S. The Morgan fingerprint density at radius 2 is 1.87 bits per heavy atom. The van der Waals surface area contributed by atoms with Crippen molar-refractivity contribution in [1.29, 1.82) is 0 Å². The summed E-state index contributed by atoms with van der Waals surface area (Å²) in [6.45, 7) is 3.92. The van der Waals surface area contributed by atoms with Gasteiger partial charge in [0.2, 0.25) is 5.91 Å². The van der Waals surface area contributed by atoms with Gasteiger partial charge >= 0.3 is 5.97 Å². The standard InChI is InChI=1S/C18H19NO3S/c1-3-22-18(21)14-8-7-9-15(12-14)19-17(20)13(2)23-16-10-5-4-6-11-16/h4-13H,3H2,1-2H3,(H,19,20)/t13-/m0/s1. The van der Waals surface area contributed by atoms with Crippen molar-refractivity contribution >= 4 is 29.3 Å². The summed E-state index contributed by atoms with van der Waals surface area (Å²) in [5, 5.41) is 2.59. The molecule has 0 heterocycles. The van der Waals surface area contributed by atoms with Crippen LogP contribution in [0, 0.1) is 0 Å². The summed E-state index contributed by atoms with van der Waals surface area (Å²) in [7, 11) is 0. The zero-order valence-electron chi connectivity index (χ0n) is 13.1. The van der Waals surface area contributed by atoms with Crippen LogP contribution in [0.1, 0.15) is 24.2 Å². The quantitative estimate of drug-likeness (QED) is 0.643. The molecule has 4 nitrogen and oxygen atoms in total. The number of anilines is 1. The monoisotopic (exact) mass is 329 g/mol. The van der Waals surface area contributed by atoms with E-state index < -0.39 is 5.97 Å². The van der Waals surface area contributed by atoms with Crippen molar-refractivity contribution < 1.29 is 14.3 Å². The van der Waals surface area contributed by atoms with Gasteiger partial charge in [-0.15, -0.1) is 11.8 Å². The first-order valence-electron chi connectivity index (χ1n) is 7.40. The van der Waals surface area contributed by atoms with Gasteiger partial charge in [0.15, 0.2) is 0 Å². The highest BCUT2D eigenvalue weighted by atomic mass is 32.2. The lowest BCUT2D eigenvalue weighted by molar-refractivity contribution is -0.115. The molecule has 0 radical (unpaired) electrons. The molecule has 2 aromatic carbocycles. The zero-order valence-corrected chi connectivity index (χ0v) is 13.9. The molecule has 120 valence electrons. The van der Waals surface area contributed by atoms with Crippen LogP contribution < -0.4 is 5.32 Å². The fraction of sp³-hybridized carbons (Fsp3) is 0.222. The molecule has 5 heteroatoms. The molecule has 2 aromatic rings. The van der Waals surface area contributed by atoms with E-state index in [9.17, 15) is 9.59 Å². The summed E-state index contributed by atoms with van der Waals surface area (Å²) < 4.78 is 4.96. The van der Waals surface area contributed by atoms with Crippen LogP contribution in [0.4, 0.5) is 5.69 Å². The van der Waals surface area contributed by atoms with Gasteiger partial charge in [-0.3, -0.25) is 4.79 Å². The Morgan fingerprint density at radius 3 is 2.57 bits per heavy atom. The number of amides is 1. The Kier molecular flexibility index (Phi) is 6.23. The summed E-state index contributed by atoms with van der Waals surface area (Å²) in [6.07, 6.45) is 0. The van der Waals surface area contributed by atoms with Crippen LogP contribution in [0.15, 0.2) is 59.5 Å². The molecule has 0 unspecified atom stereocenters. The molecule has 23 heavy (non-hydrogen) atoms. The van der Waals surface area contributed by atoms with Crippen LogP contribution in [-0.4, -0.2) is 23.7 Å². The van der Waals surface area contributed by atoms with E-state index in [1.54, 1.807) is 31.2 Å². The lowest BCUT2D eigenvalue weighted by atomic mass is 10.2. The van der Waals surface area contributed by atoms with E-state index in [1.807, 2.05) is 37.3 Å². The summed E-state index contributed by atoms with van der Waals surface area (Å²) in [6, 6.07) is 16.5. The second kappa shape index (κ2) is 8.39. The Hall–Kier alpha value is -2.27. The Balaban J connectivity index is 1.99. The van der Waals surface area contributed by atoms with Crippen LogP contribution >= 0.6 is 11.8 Å². The predicted octanol–water partition coefficient (Wildman–Crippen LogP) is 3.98. The van der Waals surface area contributed by atoms with Gasteiger partial charge in [-0.2, -0.15) is 0 Å². The molecule has 0 aromatic heterocycles. The van der Waals surface area contributed by atoms with Crippen LogP contribution in [0.2, 0.25) is 0 Å². The summed E-state index contributed by atoms with van der Waals surface area (Å²) in [5.74, 6) is -0.504. The van der Waals surface area contributed by atoms with E-state index in [4.69, 9.17) is 4.74 Å². The van der Waals surface area contributed by atoms with Crippen molar-refractivity contribution in [3.05, 3.63) is 60.2 Å². The number of nitrogens with one attached hydrogen (secondary N) is 1. The lowest BCUT2D eigenvalue weighted by Gasteiger charge is -2.12. The number of hydrogen-bond donors (Lipinski definition) is 1. The van der Waals surface area contributed by atoms with Gasteiger partial charge in [0.1, 0.15) is 0 Å². The van der Waals surface area contributed by atoms with E-state index in [0.29, 0.717) is 17.9 Å². The largest absolute Gasteiger partial charge is 0.462 e. The highest BCUT2D eigenvalue weighted by Crippen LogP contribution is 2.24. The minimum atomic E-state index is -0.393. The minimum Gasteiger partial charge on any atom is -0.462 e. The van der Waals surface area contributed by atoms with Gasteiger partial charge in [0.05, 0.1) is 17.4 Å². The average Bonchev–Trinajstić information content (AvgIpc) is 2.56. The molecule has 1 amide bonds. The number of hydrogen-bond acceptors (Lipinski definition) is 4. The number of carbonyl (C=O) groups is 2. The molecule has 1 atom stereocenters. The van der Waals surface area contributed by atoms with Gasteiger partial charge in [0, 0.05) is 10.6 Å².